The number of benzene rings is 1. The quantitative estimate of drug-likeness (QED) is 0.602. The van der Waals surface area contributed by atoms with E-state index in [1.54, 1.807) is 11.3 Å². The molecule has 3 heterocycles. The van der Waals surface area contributed by atoms with Crippen molar-refractivity contribution in [2.75, 3.05) is 19.6 Å². The molecule has 2 aromatic rings. The fourth-order valence-electron chi connectivity index (χ4n) is 5.80. The highest BCUT2D eigenvalue weighted by Gasteiger charge is 2.34. The van der Waals surface area contributed by atoms with Crippen LogP contribution in [0.5, 0.6) is 0 Å². The lowest BCUT2D eigenvalue weighted by Gasteiger charge is -2.36. The van der Waals surface area contributed by atoms with Crippen LogP contribution in [0.4, 0.5) is 0 Å². The first-order valence-corrected chi connectivity index (χ1v) is 13.4. The number of piperidine rings is 1. The van der Waals surface area contributed by atoms with Gasteiger partial charge in [-0.05, 0) is 72.6 Å². The maximum atomic E-state index is 13.3. The lowest BCUT2D eigenvalue weighted by atomic mass is 9.72. The van der Waals surface area contributed by atoms with Gasteiger partial charge in [-0.2, -0.15) is 0 Å². The number of carbonyl (C=O) groups is 2. The lowest BCUT2D eigenvalue weighted by Crippen LogP contribution is -2.45. The molecule has 0 radical (unpaired) electrons. The van der Waals surface area contributed by atoms with Gasteiger partial charge in [0, 0.05) is 37.0 Å². The molecule has 1 atom stereocenters. The van der Waals surface area contributed by atoms with Crippen LogP contribution in [0, 0.1) is 17.3 Å². The molecule has 5 rings (SSSR count). The zero-order valence-corrected chi connectivity index (χ0v) is 21.0. The Morgan fingerprint density at radius 3 is 2.36 bits per heavy atom. The van der Waals surface area contributed by atoms with Crippen LogP contribution in [0.15, 0.2) is 30.3 Å². The molecular weight excluding hydrogens is 428 g/mol. The van der Waals surface area contributed by atoms with Crippen molar-refractivity contribution in [3.8, 4) is 0 Å². The minimum atomic E-state index is 0.0448. The Bertz CT molecular complexity index is 1040. The number of fused-ring (bicyclic) bond motifs is 2. The van der Waals surface area contributed by atoms with E-state index in [0.717, 1.165) is 50.1 Å². The second kappa shape index (κ2) is 8.90. The Kier molecular flexibility index (Phi) is 6.11. The second-order valence-electron chi connectivity index (χ2n) is 11.2. The molecule has 3 aliphatic rings. The van der Waals surface area contributed by atoms with Crippen LogP contribution >= 0.6 is 11.3 Å². The van der Waals surface area contributed by atoms with E-state index in [2.05, 4.69) is 51.1 Å². The normalized spacial score (nSPS) is 21.5. The first kappa shape index (κ1) is 22.6. The van der Waals surface area contributed by atoms with Crippen LogP contribution in [-0.4, -0.2) is 41.2 Å². The Hall–Kier alpha value is -2.14. The molecule has 1 saturated heterocycles. The van der Waals surface area contributed by atoms with Crippen molar-refractivity contribution in [3.05, 3.63) is 56.8 Å². The van der Waals surface area contributed by atoms with Crippen molar-refractivity contribution < 1.29 is 9.59 Å². The van der Waals surface area contributed by atoms with Crippen molar-refractivity contribution in [1.29, 1.82) is 0 Å². The predicted octanol–water partition coefficient (Wildman–Crippen LogP) is 5.34. The third-order valence-corrected chi connectivity index (χ3v) is 9.32. The molecule has 33 heavy (non-hydrogen) atoms. The maximum absolute atomic E-state index is 13.3. The average Bonchev–Trinajstić information content (AvgIpc) is 3.26. The molecular formula is C28H36N2O2S. The molecule has 0 spiro atoms. The Morgan fingerprint density at radius 1 is 0.909 bits per heavy atom. The SMILES string of the molecule is CC(C)(C)C1CCc2sc(C(=O)N3CCC(C(=O)N4CCc5ccccc5C4)CC3)cc2C1. The smallest absolute Gasteiger partial charge is 0.263 e. The highest BCUT2D eigenvalue weighted by atomic mass is 32.1. The van der Waals surface area contributed by atoms with Gasteiger partial charge < -0.3 is 9.80 Å². The summed E-state index contributed by atoms with van der Waals surface area (Å²) in [6.07, 6.45) is 5.92. The van der Waals surface area contributed by atoms with Gasteiger partial charge in [-0.3, -0.25) is 9.59 Å². The first-order valence-electron chi connectivity index (χ1n) is 12.6. The molecule has 1 aromatic heterocycles. The standard InChI is InChI=1S/C28H36N2O2S/c1-28(2,3)23-8-9-24-22(16-23)17-25(33-24)27(32)29-13-11-20(12-14-29)26(31)30-15-10-19-6-4-5-7-21(19)18-30/h4-7,17,20,23H,8-16,18H2,1-3H3. The Balaban J connectivity index is 1.18. The van der Waals surface area contributed by atoms with E-state index in [1.165, 1.54) is 28.0 Å². The summed E-state index contributed by atoms with van der Waals surface area (Å²) in [6, 6.07) is 10.6. The van der Waals surface area contributed by atoms with Gasteiger partial charge in [-0.15, -0.1) is 11.3 Å². The summed E-state index contributed by atoms with van der Waals surface area (Å²) in [7, 11) is 0. The number of likely N-dealkylation sites (tertiary alicyclic amines) is 1. The van der Waals surface area contributed by atoms with E-state index in [-0.39, 0.29) is 17.7 Å². The van der Waals surface area contributed by atoms with Crippen LogP contribution in [-0.2, 0) is 30.6 Å². The molecule has 1 aliphatic carbocycles. The van der Waals surface area contributed by atoms with Crippen molar-refractivity contribution in [2.45, 2.75) is 65.8 Å². The molecule has 2 amide bonds. The summed E-state index contributed by atoms with van der Waals surface area (Å²) in [5, 5.41) is 0. The number of hydrogen-bond acceptors (Lipinski definition) is 3. The van der Waals surface area contributed by atoms with Crippen LogP contribution in [0.2, 0.25) is 0 Å². The van der Waals surface area contributed by atoms with Crippen molar-refractivity contribution in [1.82, 2.24) is 9.80 Å². The van der Waals surface area contributed by atoms with E-state index in [1.807, 2.05) is 9.80 Å². The molecule has 4 nitrogen and oxygen atoms in total. The first-order chi connectivity index (χ1) is 15.8. The van der Waals surface area contributed by atoms with Gasteiger partial charge in [-0.1, -0.05) is 45.0 Å². The second-order valence-corrected chi connectivity index (χ2v) is 12.3. The number of nitrogens with zero attached hydrogens (tertiary/aromatic N) is 2. The topological polar surface area (TPSA) is 40.6 Å². The van der Waals surface area contributed by atoms with Gasteiger partial charge in [0.1, 0.15) is 0 Å². The van der Waals surface area contributed by atoms with Gasteiger partial charge in [0.25, 0.3) is 5.91 Å². The molecule has 0 saturated carbocycles. The maximum Gasteiger partial charge on any atom is 0.263 e. The molecule has 1 aromatic carbocycles. The van der Waals surface area contributed by atoms with Crippen LogP contribution in [0.3, 0.4) is 0 Å². The summed E-state index contributed by atoms with van der Waals surface area (Å²) in [4.78, 5) is 32.7. The van der Waals surface area contributed by atoms with E-state index in [9.17, 15) is 9.59 Å². The molecule has 2 aliphatic heterocycles. The van der Waals surface area contributed by atoms with E-state index in [4.69, 9.17) is 0 Å². The number of thiophene rings is 1. The summed E-state index contributed by atoms with van der Waals surface area (Å²) in [6.45, 7) is 9.90. The zero-order valence-electron chi connectivity index (χ0n) is 20.2. The molecule has 176 valence electrons. The van der Waals surface area contributed by atoms with E-state index >= 15 is 0 Å². The number of aryl methyl sites for hydroxylation is 1. The molecule has 0 N–H and O–H groups in total. The minimum Gasteiger partial charge on any atom is -0.338 e. The third kappa shape index (κ3) is 4.62. The molecule has 5 heteroatoms. The van der Waals surface area contributed by atoms with Crippen molar-refractivity contribution in [2.24, 2.45) is 17.3 Å². The molecule has 0 bridgehead atoms. The predicted molar refractivity (Wildman–Crippen MR) is 133 cm³/mol. The summed E-state index contributed by atoms with van der Waals surface area (Å²) in [5.74, 6) is 1.17. The highest BCUT2D eigenvalue weighted by Crippen LogP contribution is 2.40. The lowest BCUT2D eigenvalue weighted by molar-refractivity contribution is -0.137. The highest BCUT2D eigenvalue weighted by molar-refractivity contribution is 7.14. The van der Waals surface area contributed by atoms with Crippen molar-refractivity contribution >= 4 is 23.2 Å². The van der Waals surface area contributed by atoms with E-state index < -0.39 is 0 Å². The van der Waals surface area contributed by atoms with Crippen LogP contribution in [0.25, 0.3) is 0 Å². The van der Waals surface area contributed by atoms with Crippen LogP contribution < -0.4 is 0 Å². The summed E-state index contributed by atoms with van der Waals surface area (Å²) >= 11 is 1.71. The van der Waals surface area contributed by atoms with E-state index in [0.29, 0.717) is 24.4 Å². The minimum absolute atomic E-state index is 0.0448. The third-order valence-electron chi connectivity index (χ3n) is 8.09. The van der Waals surface area contributed by atoms with Crippen LogP contribution in [0.1, 0.15) is 71.3 Å². The Morgan fingerprint density at radius 2 is 1.64 bits per heavy atom. The average molecular weight is 465 g/mol. The largest absolute Gasteiger partial charge is 0.338 e. The number of rotatable bonds is 2. The number of amides is 2. The van der Waals surface area contributed by atoms with Gasteiger partial charge in [0.05, 0.1) is 4.88 Å². The monoisotopic (exact) mass is 464 g/mol. The Labute approximate surface area is 202 Å². The fraction of sp³-hybridized carbons (Fsp3) is 0.571. The summed E-state index contributed by atoms with van der Waals surface area (Å²) in [5.41, 5.74) is 4.36. The van der Waals surface area contributed by atoms with Gasteiger partial charge in [0.2, 0.25) is 5.91 Å². The zero-order chi connectivity index (χ0) is 23.2. The van der Waals surface area contributed by atoms with Crippen molar-refractivity contribution in [3.63, 3.8) is 0 Å². The van der Waals surface area contributed by atoms with Gasteiger partial charge >= 0.3 is 0 Å². The fourth-order valence-corrected chi connectivity index (χ4v) is 6.97. The van der Waals surface area contributed by atoms with Gasteiger partial charge in [0.15, 0.2) is 0 Å². The number of hydrogen-bond donors (Lipinski definition) is 0. The number of carbonyl (C=O) groups excluding carboxylic acids is 2. The molecule has 1 fully saturated rings. The molecule has 1 unspecified atom stereocenters. The van der Waals surface area contributed by atoms with Gasteiger partial charge in [-0.25, -0.2) is 0 Å². The summed E-state index contributed by atoms with van der Waals surface area (Å²) < 4.78 is 0.